The summed E-state index contributed by atoms with van der Waals surface area (Å²) in [6.07, 6.45) is 2.37. The van der Waals surface area contributed by atoms with Gasteiger partial charge in [0.25, 0.3) is 0 Å². The fourth-order valence-electron chi connectivity index (χ4n) is 2.36. The van der Waals surface area contributed by atoms with Crippen LogP contribution in [0.5, 0.6) is 0 Å². The highest BCUT2D eigenvalue weighted by atomic mass is 127. The molecule has 1 fully saturated rings. The van der Waals surface area contributed by atoms with Crippen LogP contribution in [-0.4, -0.2) is 35.3 Å². The van der Waals surface area contributed by atoms with Crippen molar-refractivity contribution in [1.29, 1.82) is 0 Å². The van der Waals surface area contributed by atoms with Crippen LogP contribution >= 0.6 is 22.6 Å². The van der Waals surface area contributed by atoms with E-state index in [4.69, 9.17) is 4.74 Å². The predicted molar refractivity (Wildman–Crippen MR) is 91.6 cm³/mol. The van der Waals surface area contributed by atoms with Crippen LogP contribution in [0.2, 0.25) is 0 Å². The van der Waals surface area contributed by atoms with Gasteiger partial charge in [-0.05, 0) is 68.8 Å². The second-order valence-corrected chi connectivity index (χ2v) is 7.94. The molecule has 1 aromatic heterocycles. The highest BCUT2D eigenvalue weighted by Crippen LogP contribution is 2.26. The van der Waals surface area contributed by atoms with Crippen molar-refractivity contribution in [3.8, 4) is 0 Å². The number of rotatable bonds is 2. The Hall–Kier alpha value is -1.05. The van der Waals surface area contributed by atoms with Gasteiger partial charge in [-0.1, -0.05) is 0 Å². The fraction of sp³-hybridized carbons (Fsp3) is 0.600. The summed E-state index contributed by atoms with van der Waals surface area (Å²) in [6.45, 7) is 9.26. The van der Waals surface area contributed by atoms with Crippen molar-refractivity contribution < 1.29 is 9.53 Å². The maximum absolute atomic E-state index is 11.9. The van der Waals surface area contributed by atoms with Crippen molar-refractivity contribution in [3.63, 3.8) is 0 Å². The maximum atomic E-state index is 11.9. The summed E-state index contributed by atoms with van der Waals surface area (Å²) in [6, 6.07) is 4.06. The smallest absolute Gasteiger partial charge is 0.408 e. The highest BCUT2D eigenvalue weighted by molar-refractivity contribution is 14.1. The van der Waals surface area contributed by atoms with Crippen molar-refractivity contribution in [1.82, 2.24) is 10.3 Å². The van der Waals surface area contributed by atoms with Gasteiger partial charge in [-0.15, -0.1) is 0 Å². The van der Waals surface area contributed by atoms with Crippen molar-refractivity contribution in [2.45, 2.75) is 45.3 Å². The van der Waals surface area contributed by atoms with Crippen LogP contribution in [0.4, 0.5) is 10.6 Å². The van der Waals surface area contributed by atoms with E-state index in [1.165, 1.54) is 0 Å². The number of anilines is 1. The van der Waals surface area contributed by atoms with E-state index in [2.05, 4.69) is 37.8 Å². The molecule has 1 amide bonds. The SMILES string of the molecule is CC1(NC(=O)OC(C)(C)C)CCN(c2ccc(I)cn2)C1. The lowest BCUT2D eigenvalue weighted by atomic mass is 10.0. The van der Waals surface area contributed by atoms with Crippen molar-refractivity contribution >= 4 is 34.5 Å². The number of amides is 1. The lowest BCUT2D eigenvalue weighted by Crippen LogP contribution is -2.49. The molecule has 0 radical (unpaired) electrons. The van der Waals surface area contributed by atoms with E-state index in [1.54, 1.807) is 0 Å². The average molecular weight is 403 g/mol. The number of carbonyl (C=O) groups is 1. The van der Waals surface area contributed by atoms with Gasteiger partial charge < -0.3 is 15.0 Å². The molecule has 1 aliphatic heterocycles. The number of hydrogen-bond acceptors (Lipinski definition) is 4. The van der Waals surface area contributed by atoms with Crippen molar-refractivity contribution in [2.75, 3.05) is 18.0 Å². The van der Waals surface area contributed by atoms with E-state index < -0.39 is 5.60 Å². The molecule has 116 valence electrons. The van der Waals surface area contributed by atoms with Gasteiger partial charge in [0.2, 0.25) is 0 Å². The number of pyridine rings is 1. The predicted octanol–water partition coefficient (Wildman–Crippen LogP) is 3.18. The summed E-state index contributed by atoms with van der Waals surface area (Å²) in [5.41, 5.74) is -0.760. The monoisotopic (exact) mass is 403 g/mol. The Balaban J connectivity index is 1.97. The van der Waals surface area contributed by atoms with Gasteiger partial charge in [0.15, 0.2) is 0 Å². The number of hydrogen-bond donors (Lipinski definition) is 1. The molecular weight excluding hydrogens is 381 g/mol. The zero-order valence-electron chi connectivity index (χ0n) is 12.9. The second kappa shape index (κ2) is 5.98. The quantitative estimate of drug-likeness (QED) is 0.771. The third-order valence-electron chi connectivity index (χ3n) is 3.31. The molecule has 1 atom stereocenters. The Morgan fingerprint density at radius 2 is 2.19 bits per heavy atom. The Labute approximate surface area is 139 Å². The zero-order chi connectivity index (χ0) is 15.7. The largest absolute Gasteiger partial charge is 0.444 e. The van der Waals surface area contributed by atoms with Crippen LogP contribution in [0.3, 0.4) is 0 Å². The van der Waals surface area contributed by atoms with Crippen LogP contribution in [0, 0.1) is 3.57 Å². The highest BCUT2D eigenvalue weighted by Gasteiger charge is 2.36. The van der Waals surface area contributed by atoms with Gasteiger partial charge in [0.1, 0.15) is 11.4 Å². The van der Waals surface area contributed by atoms with Gasteiger partial charge in [-0.2, -0.15) is 0 Å². The molecule has 21 heavy (non-hydrogen) atoms. The minimum Gasteiger partial charge on any atom is -0.444 e. The van der Waals surface area contributed by atoms with Crippen LogP contribution in [0.1, 0.15) is 34.1 Å². The lowest BCUT2D eigenvalue weighted by molar-refractivity contribution is 0.0473. The molecule has 6 heteroatoms. The molecule has 0 spiro atoms. The van der Waals surface area contributed by atoms with Crippen LogP contribution in [0.15, 0.2) is 18.3 Å². The zero-order valence-corrected chi connectivity index (χ0v) is 15.1. The topological polar surface area (TPSA) is 54.5 Å². The number of ether oxygens (including phenoxy) is 1. The molecule has 2 heterocycles. The number of aromatic nitrogens is 1. The molecule has 0 saturated carbocycles. The first-order chi connectivity index (χ1) is 9.67. The summed E-state index contributed by atoms with van der Waals surface area (Å²) in [7, 11) is 0. The molecule has 1 unspecified atom stereocenters. The first-order valence-corrected chi connectivity index (χ1v) is 8.12. The standard InChI is InChI=1S/C15H22IN3O2/c1-14(2,3)21-13(20)18-15(4)7-8-19(10-15)12-6-5-11(16)9-17-12/h5-6,9H,7-8,10H2,1-4H3,(H,18,20). The first-order valence-electron chi connectivity index (χ1n) is 7.05. The molecule has 1 aliphatic rings. The summed E-state index contributed by atoms with van der Waals surface area (Å²) < 4.78 is 6.45. The van der Waals surface area contributed by atoms with Crippen LogP contribution in [0.25, 0.3) is 0 Å². The van der Waals surface area contributed by atoms with E-state index in [0.29, 0.717) is 0 Å². The minimum absolute atomic E-state index is 0.285. The second-order valence-electron chi connectivity index (χ2n) is 6.69. The van der Waals surface area contributed by atoms with Gasteiger partial charge in [-0.3, -0.25) is 0 Å². The summed E-state index contributed by atoms with van der Waals surface area (Å²) in [5.74, 6) is 0.949. The first kappa shape index (κ1) is 16.3. The third kappa shape index (κ3) is 4.72. The Kier molecular flexibility index (Phi) is 4.65. The molecule has 1 aromatic rings. The van der Waals surface area contributed by atoms with Gasteiger partial charge in [-0.25, -0.2) is 9.78 Å². The summed E-state index contributed by atoms with van der Waals surface area (Å²) in [5, 5.41) is 2.99. The van der Waals surface area contributed by atoms with E-state index in [0.717, 1.165) is 28.9 Å². The molecule has 1 N–H and O–H groups in total. The van der Waals surface area contributed by atoms with Crippen molar-refractivity contribution in [3.05, 3.63) is 21.9 Å². The fourth-order valence-corrected chi connectivity index (χ4v) is 2.68. The van der Waals surface area contributed by atoms with E-state index in [1.807, 2.05) is 46.0 Å². The number of carbonyl (C=O) groups excluding carboxylic acids is 1. The van der Waals surface area contributed by atoms with Gasteiger partial charge >= 0.3 is 6.09 Å². The molecular formula is C15H22IN3O2. The Morgan fingerprint density at radius 1 is 1.48 bits per heavy atom. The van der Waals surface area contributed by atoms with Gasteiger partial charge in [0.05, 0.1) is 5.54 Å². The van der Waals surface area contributed by atoms with E-state index in [-0.39, 0.29) is 11.6 Å². The number of halogens is 1. The summed E-state index contributed by atoms with van der Waals surface area (Å²) in [4.78, 5) is 18.6. The third-order valence-corrected chi connectivity index (χ3v) is 3.95. The summed E-state index contributed by atoms with van der Waals surface area (Å²) >= 11 is 2.24. The molecule has 1 saturated heterocycles. The van der Waals surface area contributed by atoms with E-state index >= 15 is 0 Å². The van der Waals surface area contributed by atoms with Crippen molar-refractivity contribution in [2.24, 2.45) is 0 Å². The molecule has 0 aromatic carbocycles. The molecule has 0 bridgehead atoms. The van der Waals surface area contributed by atoms with Crippen LogP contribution < -0.4 is 10.2 Å². The average Bonchev–Trinajstić information content (AvgIpc) is 2.69. The lowest BCUT2D eigenvalue weighted by Gasteiger charge is -2.28. The number of alkyl carbamates (subject to hydrolysis) is 1. The maximum Gasteiger partial charge on any atom is 0.408 e. The minimum atomic E-state index is -0.476. The molecule has 0 aliphatic carbocycles. The van der Waals surface area contributed by atoms with E-state index in [9.17, 15) is 4.79 Å². The number of nitrogens with zero attached hydrogens (tertiary/aromatic N) is 2. The molecule has 2 rings (SSSR count). The molecule has 5 nitrogen and oxygen atoms in total. The van der Waals surface area contributed by atoms with Gasteiger partial charge in [0, 0.05) is 22.9 Å². The Bertz CT molecular complexity index is 513. The Morgan fingerprint density at radius 3 is 2.76 bits per heavy atom. The van der Waals surface area contributed by atoms with Crippen LogP contribution in [-0.2, 0) is 4.74 Å². The normalized spacial score (nSPS) is 22.2. The number of nitrogens with one attached hydrogen (secondary N) is 1.